The SMILES string of the molecule is CCCOCC(=O)c1c(OC)cnn1CC. The molecule has 16 heavy (non-hydrogen) atoms. The molecule has 0 aliphatic rings. The van der Waals surface area contributed by atoms with Gasteiger partial charge in [-0.05, 0) is 13.3 Å². The van der Waals surface area contributed by atoms with Gasteiger partial charge in [0.15, 0.2) is 5.75 Å². The van der Waals surface area contributed by atoms with Crippen LogP contribution in [-0.4, -0.2) is 35.9 Å². The Balaban J connectivity index is 2.75. The Morgan fingerprint density at radius 3 is 2.81 bits per heavy atom. The quantitative estimate of drug-likeness (QED) is 0.522. The van der Waals surface area contributed by atoms with Gasteiger partial charge in [-0.2, -0.15) is 5.10 Å². The van der Waals surface area contributed by atoms with Gasteiger partial charge in [-0.15, -0.1) is 0 Å². The second-order valence-corrected chi connectivity index (χ2v) is 3.35. The van der Waals surface area contributed by atoms with Crippen molar-refractivity contribution in [1.29, 1.82) is 0 Å². The van der Waals surface area contributed by atoms with Crippen LogP contribution in [0.5, 0.6) is 5.75 Å². The first-order chi connectivity index (χ1) is 7.74. The molecule has 1 aromatic heterocycles. The van der Waals surface area contributed by atoms with Gasteiger partial charge in [0, 0.05) is 13.2 Å². The van der Waals surface area contributed by atoms with Crippen molar-refractivity contribution in [3.63, 3.8) is 0 Å². The molecule has 0 aromatic carbocycles. The lowest BCUT2D eigenvalue weighted by molar-refractivity contribution is 0.0748. The number of hydrogen-bond acceptors (Lipinski definition) is 4. The Kier molecular flexibility index (Phi) is 4.98. The van der Waals surface area contributed by atoms with Gasteiger partial charge in [0.1, 0.15) is 12.3 Å². The number of ketones is 1. The molecule has 1 rings (SSSR count). The molecule has 90 valence electrons. The van der Waals surface area contributed by atoms with Gasteiger partial charge in [0.25, 0.3) is 0 Å². The van der Waals surface area contributed by atoms with Gasteiger partial charge in [0.05, 0.1) is 13.3 Å². The zero-order valence-electron chi connectivity index (χ0n) is 10.0. The van der Waals surface area contributed by atoms with Crippen molar-refractivity contribution in [3.8, 4) is 5.75 Å². The van der Waals surface area contributed by atoms with Gasteiger partial charge in [-0.3, -0.25) is 9.48 Å². The van der Waals surface area contributed by atoms with Crippen molar-refractivity contribution < 1.29 is 14.3 Å². The van der Waals surface area contributed by atoms with Crippen LogP contribution in [0.15, 0.2) is 6.20 Å². The fraction of sp³-hybridized carbons (Fsp3) is 0.636. The van der Waals surface area contributed by atoms with Crippen LogP contribution < -0.4 is 4.74 Å². The van der Waals surface area contributed by atoms with Crippen molar-refractivity contribution >= 4 is 5.78 Å². The zero-order valence-corrected chi connectivity index (χ0v) is 10.0. The molecule has 0 N–H and O–H groups in total. The maximum atomic E-state index is 11.9. The molecular weight excluding hydrogens is 208 g/mol. The molecule has 0 aliphatic carbocycles. The molecule has 0 radical (unpaired) electrons. The Bertz CT molecular complexity index is 325. The molecule has 0 amide bonds. The fourth-order valence-electron chi connectivity index (χ4n) is 1.42. The maximum Gasteiger partial charge on any atom is 0.210 e. The van der Waals surface area contributed by atoms with Crippen molar-refractivity contribution in [2.75, 3.05) is 20.3 Å². The van der Waals surface area contributed by atoms with Gasteiger partial charge < -0.3 is 9.47 Å². The van der Waals surface area contributed by atoms with Crippen molar-refractivity contribution in [3.05, 3.63) is 11.9 Å². The molecule has 5 nitrogen and oxygen atoms in total. The van der Waals surface area contributed by atoms with Gasteiger partial charge in [-0.1, -0.05) is 6.92 Å². The first-order valence-corrected chi connectivity index (χ1v) is 5.45. The minimum atomic E-state index is -0.0929. The van der Waals surface area contributed by atoms with Gasteiger partial charge in [-0.25, -0.2) is 0 Å². The molecule has 1 aromatic rings. The first kappa shape index (κ1) is 12.7. The first-order valence-electron chi connectivity index (χ1n) is 5.45. The van der Waals surface area contributed by atoms with Crippen molar-refractivity contribution in [2.24, 2.45) is 0 Å². The number of aryl methyl sites for hydroxylation is 1. The summed E-state index contributed by atoms with van der Waals surface area (Å²) < 4.78 is 11.9. The number of rotatable bonds is 7. The van der Waals surface area contributed by atoms with Crippen molar-refractivity contribution in [2.45, 2.75) is 26.8 Å². The standard InChI is InChI=1S/C11H18N2O3/c1-4-6-16-8-9(14)11-10(15-3)7-12-13(11)5-2/h7H,4-6,8H2,1-3H3. The Morgan fingerprint density at radius 2 is 2.25 bits per heavy atom. The van der Waals surface area contributed by atoms with E-state index < -0.39 is 0 Å². The van der Waals surface area contributed by atoms with E-state index in [9.17, 15) is 4.79 Å². The number of Topliss-reactive ketones (excluding diaryl/α,β-unsaturated/α-hetero) is 1. The van der Waals surface area contributed by atoms with Crippen LogP contribution in [-0.2, 0) is 11.3 Å². The van der Waals surface area contributed by atoms with Crippen LogP contribution in [0.3, 0.4) is 0 Å². The van der Waals surface area contributed by atoms with E-state index in [0.29, 0.717) is 24.6 Å². The lowest BCUT2D eigenvalue weighted by Crippen LogP contribution is -2.16. The second-order valence-electron chi connectivity index (χ2n) is 3.35. The lowest BCUT2D eigenvalue weighted by atomic mass is 10.3. The average Bonchev–Trinajstić information content (AvgIpc) is 2.71. The Labute approximate surface area is 95.3 Å². The summed E-state index contributed by atoms with van der Waals surface area (Å²) >= 11 is 0. The smallest absolute Gasteiger partial charge is 0.210 e. The molecule has 0 saturated carbocycles. The van der Waals surface area contributed by atoms with Crippen LogP contribution in [0.2, 0.25) is 0 Å². The molecule has 0 unspecified atom stereocenters. The third-order valence-corrected chi connectivity index (χ3v) is 2.17. The summed E-state index contributed by atoms with van der Waals surface area (Å²) in [5.74, 6) is 0.414. The van der Waals surface area contributed by atoms with E-state index in [-0.39, 0.29) is 12.4 Å². The number of ether oxygens (including phenoxy) is 2. The molecule has 0 atom stereocenters. The average molecular weight is 226 g/mol. The highest BCUT2D eigenvalue weighted by molar-refractivity contribution is 5.98. The topological polar surface area (TPSA) is 53.4 Å². The number of hydrogen-bond donors (Lipinski definition) is 0. The molecule has 1 heterocycles. The van der Waals surface area contributed by atoms with Crippen LogP contribution in [0.1, 0.15) is 30.8 Å². The van der Waals surface area contributed by atoms with E-state index in [0.717, 1.165) is 6.42 Å². The predicted octanol–water partition coefficient (Wildman–Crippen LogP) is 1.52. The van der Waals surface area contributed by atoms with Crippen LogP contribution in [0.25, 0.3) is 0 Å². The number of carbonyl (C=O) groups excluding carboxylic acids is 1. The molecular formula is C11H18N2O3. The number of aromatic nitrogens is 2. The van der Waals surface area contributed by atoms with Crippen molar-refractivity contribution in [1.82, 2.24) is 9.78 Å². The van der Waals surface area contributed by atoms with E-state index >= 15 is 0 Å². The zero-order chi connectivity index (χ0) is 12.0. The molecule has 5 heteroatoms. The predicted molar refractivity (Wildman–Crippen MR) is 59.9 cm³/mol. The Hall–Kier alpha value is -1.36. The number of nitrogens with zero attached hydrogens (tertiary/aromatic N) is 2. The van der Waals surface area contributed by atoms with Gasteiger partial charge >= 0.3 is 0 Å². The largest absolute Gasteiger partial charge is 0.493 e. The lowest BCUT2D eigenvalue weighted by Gasteiger charge is -2.06. The van der Waals surface area contributed by atoms with Gasteiger partial charge in [0.2, 0.25) is 5.78 Å². The highest BCUT2D eigenvalue weighted by Crippen LogP contribution is 2.18. The molecule has 0 bridgehead atoms. The summed E-state index contributed by atoms with van der Waals surface area (Å²) in [6, 6.07) is 0. The fourth-order valence-corrected chi connectivity index (χ4v) is 1.42. The van der Waals surface area contributed by atoms with Crippen LogP contribution in [0, 0.1) is 0 Å². The third-order valence-electron chi connectivity index (χ3n) is 2.17. The second kappa shape index (κ2) is 6.27. The van der Waals surface area contributed by atoms with Crippen LogP contribution in [0.4, 0.5) is 0 Å². The minimum absolute atomic E-state index is 0.0793. The Morgan fingerprint density at radius 1 is 1.50 bits per heavy atom. The summed E-state index contributed by atoms with van der Waals surface area (Å²) in [5.41, 5.74) is 0.487. The molecule has 0 saturated heterocycles. The van der Waals surface area contributed by atoms with E-state index in [1.165, 1.54) is 7.11 Å². The summed E-state index contributed by atoms with van der Waals surface area (Å²) in [5, 5.41) is 4.07. The molecule has 0 fully saturated rings. The molecule has 0 spiro atoms. The number of carbonyl (C=O) groups is 1. The summed E-state index contributed by atoms with van der Waals surface area (Å²) in [4.78, 5) is 11.9. The normalized spacial score (nSPS) is 10.4. The summed E-state index contributed by atoms with van der Waals surface area (Å²) in [6.45, 7) is 5.24. The highest BCUT2D eigenvalue weighted by Gasteiger charge is 2.18. The summed E-state index contributed by atoms with van der Waals surface area (Å²) in [6.07, 6.45) is 2.45. The highest BCUT2D eigenvalue weighted by atomic mass is 16.5. The summed E-state index contributed by atoms with van der Waals surface area (Å²) in [7, 11) is 1.53. The van der Waals surface area contributed by atoms with E-state index in [1.54, 1.807) is 10.9 Å². The van der Waals surface area contributed by atoms with Crippen LogP contribution >= 0.6 is 0 Å². The maximum absolute atomic E-state index is 11.9. The van der Waals surface area contributed by atoms with E-state index in [1.807, 2.05) is 13.8 Å². The number of methoxy groups -OCH3 is 1. The third kappa shape index (κ3) is 2.82. The monoisotopic (exact) mass is 226 g/mol. The van der Waals surface area contributed by atoms with E-state index in [4.69, 9.17) is 9.47 Å². The van der Waals surface area contributed by atoms with E-state index in [2.05, 4.69) is 5.10 Å². The molecule has 0 aliphatic heterocycles. The minimum Gasteiger partial charge on any atom is -0.493 e.